The zero-order valence-corrected chi connectivity index (χ0v) is 18.8. The van der Waals surface area contributed by atoms with E-state index in [2.05, 4.69) is 46.2 Å². The number of rotatable bonds is 14. The fraction of sp³-hybridized carbons (Fsp3) is 0.688. The second-order valence-corrected chi connectivity index (χ2v) is 7.34. The Morgan fingerprint density at radius 1 is 0.968 bits per heavy atom. The molecule has 178 valence electrons. The summed E-state index contributed by atoms with van der Waals surface area (Å²) in [6.07, 6.45) is -0.977. The minimum atomic E-state index is -1.40. The standard InChI is InChI=1S/C16H31N7O6S2/c1-7(24)11(23-12(25)8(17)5-30)14(27)22-10(6-31)13(26)21-9(15(28)29)3-2-4-20-16(18)19/h7-11,24,30-31H,2-6,17H2,1H3,(H,21,26)(H,22,27)(H,23,25)(H,28,29)(H4,18,19,20). The number of amides is 3. The van der Waals surface area contributed by atoms with Crippen LogP contribution in [-0.4, -0.2) is 88.2 Å². The first-order valence-electron chi connectivity index (χ1n) is 9.29. The van der Waals surface area contributed by atoms with Gasteiger partial charge in [-0.3, -0.25) is 19.4 Å². The Kier molecular flexibility index (Phi) is 13.7. The van der Waals surface area contributed by atoms with Crippen LogP contribution in [0.5, 0.6) is 0 Å². The lowest BCUT2D eigenvalue weighted by molar-refractivity contribution is -0.142. The molecule has 0 fully saturated rings. The van der Waals surface area contributed by atoms with Crippen molar-refractivity contribution >= 4 is 54.9 Å². The molecule has 0 aliphatic carbocycles. The lowest BCUT2D eigenvalue weighted by atomic mass is 10.1. The molecule has 3 amide bonds. The van der Waals surface area contributed by atoms with Gasteiger partial charge in [0.15, 0.2) is 5.96 Å². The molecule has 0 heterocycles. The highest BCUT2D eigenvalue weighted by atomic mass is 32.1. The van der Waals surface area contributed by atoms with Crippen LogP contribution in [-0.2, 0) is 19.2 Å². The van der Waals surface area contributed by atoms with Gasteiger partial charge in [-0.15, -0.1) is 0 Å². The van der Waals surface area contributed by atoms with E-state index in [1.54, 1.807) is 0 Å². The smallest absolute Gasteiger partial charge is 0.326 e. The van der Waals surface area contributed by atoms with E-state index < -0.39 is 54.0 Å². The summed E-state index contributed by atoms with van der Waals surface area (Å²) in [4.78, 5) is 52.0. The van der Waals surface area contributed by atoms with E-state index in [4.69, 9.17) is 17.2 Å². The summed E-state index contributed by atoms with van der Waals surface area (Å²) < 4.78 is 0. The van der Waals surface area contributed by atoms with E-state index in [9.17, 15) is 29.4 Å². The third-order valence-electron chi connectivity index (χ3n) is 3.97. The van der Waals surface area contributed by atoms with Crippen LogP contribution in [0.15, 0.2) is 4.99 Å². The summed E-state index contributed by atoms with van der Waals surface area (Å²) in [7, 11) is 0. The first-order chi connectivity index (χ1) is 14.4. The zero-order chi connectivity index (χ0) is 24.1. The van der Waals surface area contributed by atoms with Gasteiger partial charge in [-0.1, -0.05) is 0 Å². The number of thiol groups is 2. The summed E-state index contributed by atoms with van der Waals surface area (Å²) in [5.74, 6) is -3.96. The molecule has 0 aliphatic rings. The van der Waals surface area contributed by atoms with Crippen molar-refractivity contribution in [3.63, 3.8) is 0 Å². The molecule has 0 aromatic heterocycles. The van der Waals surface area contributed by atoms with Crippen LogP contribution in [0.1, 0.15) is 19.8 Å². The van der Waals surface area contributed by atoms with Crippen molar-refractivity contribution < 1.29 is 29.4 Å². The topological polar surface area (TPSA) is 235 Å². The number of aliphatic hydroxyl groups excluding tert-OH is 1. The average Bonchev–Trinajstić information content (AvgIpc) is 2.70. The van der Waals surface area contributed by atoms with Crippen molar-refractivity contribution in [2.45, 2.75) is 50.0 Å². The molecule has 11 N–H and O–H groups in total. The van der Waals surface area contributed by atoms with Crippen LogP contribution in [0.4, 0.5) is 0 Å². The number of carbonyl (C=O) groups is 4. The van der Waals surface area contributed by atoms with Gasteiger partial charge in [0, 0.05) is 18.1 Å². The summed E-state index contributed by atoms with van der Waals surface area (Å²) in [5.41, 5.74) is 15.9. The fourth-order valence-electron chi connectivity index (χ4n) is 2.24. The Morgan fingerprint density at radius 2 is 1.55 bits per heavy atom. The quantitative estimate of drug-likeness (QED) is 0.0505. The lowest BCUT2D eigenvalue weighted by Gasteiger charge is -2.25. The molecule has 0 radical (unpaired) electrons. The Hall–Kier alpha value is -2.23. The molecule has 5 atom stereocenters. The Labute approximate surface area is 190 Å². The molecule has 0 saturated heterocycles. The number of nitrogens with zero attached hydrogens (tertiary/aromatic N) is 1. The molecular weight excluding hydrogens is 450 g/mol. The highest BCUT2D eigenvalue weighted by Crippen LogP contribution is 2.02. The number of aliphatic imine (C=N–C) groups is 1. The highest BCUT2D eigenvalue weighted by Gasteiger charge is 2.31. The number of carbonyl (C=O) groups excluding carboxylic acids is 3. The fourth-order valence-corrected chi connectivity index (χ4v) is 2.66. The molecule has 0 aliphatic heterocycles. The number of hydrogen-bond donors (Lipinski definition) is 10. The molecule has 0 aromatic carbocycles. The van der Waals surface area contributed by atoms with Gasteiger partial charge in [0.05, 0.1) is 12.1 Å². The predicted molar refractivity (Wildman–Crippen MR) is 121 cm³/mol. The van der Waals surface area contributed by atoms with Crippen LogP contribution in [0.25, 0.3) is 0 Å². The maximum Gasteiger partial charge on any atom is 0.326 e. The first kappa shape index (κ1) is 28.8. The maximum atomic E-state index is 12.5. The monoisotopic (exact) mass is 481 g/mol. The molecule has 0 saturated carbocycles. The molecule has 0 spiro atoms. The van der Waals surface area contributed by atoms with Crippen molar-refractivity contribution in [1.29, 1.82) is 0 Å². The maximum absolute atomic E-state index is 12.5. The Bertz CT molecular complexity index is 660. The van der Waals surface area contributed by atoms with Gasteiger partial charge >= 0.3 is 5.97 Å². The third kappa shape index (κ3) is 11.1. The van der Waals surface area contributed by atoms with Crippen molar-refractivity contribution in [2.75, 3.05) is 18.1 Å². The number of guanidine groups is 1. The van der Waals surface area contributed by atoms with E-state index in [1.165, 1.54) is 6.92 Å². The van der Waals surface area contributed by atoms with Crippen molar-refractivity contribution in [1.82, 2.24) is 16.0 Å². The number of carboxylic acid groups (broad SMARTS) is 1. The van der Waals surface area contributed by atoms with E-state index in [0.29, 0.717) is 0 Å². The summed E-state index contributed by atoms with van der Waals surface area (Å²) in [5, 5.41) is 26.0. The SMILES string of the molecule is CC(O)C(NC(=O)C(N)CS)C(=O)NC(CS)C(=O)NC(CCCN=C(N)N)C(=O)O. The van der Waals surface area contributed by atoms with Gasteiger partial charge in [0.2, 0.25) is 17.7 Å². The molecule has 15 heteroatoms. The average molecular weight is 482 g/mol. The van der Waals surface area contributed by atoms with Gasteiger partial charge in [0.25, 0.3) is 0 Å². The van der Waals surface area contributed by atoms with Gasteiger partial charge < -0.3 is 43.4 Å². The summed E-state index contributed by atoms with van der Waals surface area (Å²) in [6, 6.07) is -4.88. The van der Waals surface area contributed by atoms with E-state index in [-0.39, 0.29) is 36.9 Å². The lowest BCUT2D eigenvalue weighted by Crippen LogP contribution is -2.60. The minimum Gasteiger partial charge on any atom is -0.480 e. The molecule has 0 bridgehead atoms. The second kappa shape index (κ2) is 14.7. The summed E-state index contributed by atoms with van der Waals surface area (Å²) in [6.45, 7) is 1.45. The van der Waals surface area contributed by atoms with Crippen molar-refractivity contribution in [3.8, 4) is 0 Å². The van der Waals surface area contributed by atoms with Crippen LogP contribution < -0.4 is 33.2 Å². The van der Waals surface area contributed by atoms with Crippen LogP contribution in [0.3, 0.4) is 0 Å². The van der Waals surface area contributed by atoms with Crippen molar-refractivity contribution in [3.05, 3.63) is 0 Å². The normalized spacial score (nSPS) is 15.5. The minimum absolute atomic E-state index is 0.0153. The van der Waals surface area contributed by atoms with Crippen LogP contribution >= 0.6 is 25.3 Å². The number of nitrogens with two attached hydrogens (primary N) is 3. The number of nitrogens with one attached hydrogen (secondary N) is 3. The molecular formula is C16H31N7O6S2. The zero-order valence-electron chi connectivity index (χ0n) is 17.0. The number of hydrogen-bond acceptors (Lipinski definition) is 9. The first-order valence-corrected chi connectivity index (χ1v) is 10.6. The van der Waals surface area contributed by atoms with E-state index >= 15 is 0 Å². The Morgan fingerprint density at radius 3 is 2.00 bits per heavy atom. The summed E-state index contributed by atoms with van der Waals surface area (Å²) >= 11 is 7.89. The molecule has 31 heavy (non-hydrogen) atoms. The predicted octanol–water partition coefficient (Wildman–Crippen LogP) is -3.85. The molecule has 0 rings (SSSR count). The van der Waals surface area contributed by atoms with Crippen molar-refractivity contribution in [2.24, 2.45) is 22.2 Å². The van der Waals surface area contributed by atoms with Gasteiger partial charge in [-0.05, 0) is 19.8 Å². The largest absolute Gasteiger partial charge is 0.480 e. The van der Waals surface area contributed by atoms with E-state index in [1.807, 2.05) is 0 Å². The number of carboxylic acids is 1. The molecule has 0 aromatic rings. The molecule has 13 nitrogen and oxygen atoms in total. The number of aliphatic hydroxyl groups is 1. The number of aliphatic carboxylic acids is 1. The highest BCUT2D eigenvalue weighted by molar-refractivity contribution is 7.80. The second-order valence-electron chi connectivity index (χ2n) is 6.61. The van der Waals surface area contributed by atoms with Gasteiger partial charge in [0.1, 0.15) is 18.1 Å². The Balaban J connectivity index is 5.07. The molecule has 5 unspecified atom stereocenters. The van der Waals surface area contributed by atoms with Gasteiger partial charge in [-0.2, -0.15) is 25.3 Å². The third-order valence-corrected chi connectivity index (χ3v) is 4.73. The van der Waals surface area contributed by atoms with E-state index in [0.717, 1.165) is 0 Å². The van der Waals surface area contributed by atoms with Crippen LogP contribution in [0.2, 0.25) is 0 Å². The van der Waals surface area contributed by atoms with Crippen LogP contribution in [0, 0.1) is 0 Å². The van der Waals surface area contributed by atoms with Gasteiger partial charge in [-0.25, -0.2) is 4.79 Å².